The number of carbonyl (C=O) groups is 1. The molecule has 1 saturated heterocycles. The first-order valence-corrected chi connectivity index (χ1v) is 7.71. The van der Waals surface area contributed by atoms with Crippen molar-refractivity contribution in [3.63, 3.8) is 0 Å². The molecule has 0 radical (unpaired) electrons. The molecule has 2 atom stereocenters. The Hall–Kier alpha value is -1.39. The van der Waals surface area contributed by atoms with Gasteiger partial charge in [0.1, 0.15) is 0 Å². The van der Waals surface area contributed by atoms with Gasteiger partial charge >= 0.3 is 0 Å². The Morgan fingerprint density at radius 2 is 2.00 bits per heavy atom. The molecule has 1 aromatic rings. The van der Waals surface area contributed by atoms with E-state index < -0.39 is 0 Å². The highest BCUT2D eigenvalue weighted by Crippen LogP contribution is 2.33. The highest BCUT2D eigenvalue weighted by atomic mass is 16.5. The third-order valence-electron chi connectivity index (χ3n) is 4.74. The van der Waals surface area contributed by atoms with Crippen LogP contribution in [0, 0.1) is 11.8 Å². The molecule has 1 saturated carbocycles. The summed E-state index contributed by atoms with van der Waals surface area (Å²) >= 11 is 0. The Morgan fingerprint density at radius 3 is 2.67 bits per heavy atom. The van der Waals surface area contributed by atoms with Gasteiger partial charge in [-0.2, -0.15) is 0 Å². The lowest BCUT2D eigenvalue weighted by Gasteiger charge is -2.35. The molecule has 1 aromatic carbocycles. The molecule has 1 amide bonds. The number of rotatable bonds is 4. The molecule has 2 aliphatic rings. The van der Waals surface area contributed by atoms with Gasteiger partial charge in [0, 0.05) is 19.5 Å². The molecule has 4 heteroatoms. The van der Waals surface area contributed by atoms with Gasteiger partial charge in [-0.1, -0.05) is 30.3 Å². The maximum absolute atomic E-state index is 12.7. The number of aliphatic hydroxyl groups is 1. The maximum Gasteiger partial charge on any atom is 0.228 e. The number of benzene rings is 1. The number of nitrogens with zero attached hydrogens (tertiary/aromatic N) is 1. The molecule has 1 N–H and O–H groups in total. The van der Waals surface area contributed by atoms with Gasteiger partial charge in [-0.15, -0.1) is 0 Å². The van der Waals surface area contributed by atoms with Crippen molar-refractivity contribution in [2.75, 3.05) is 26.8 Å². The van der Waals surface area contributed by atoms with E-state index in [1.165, 1.54) is 5.56 Å². The van der Waals surface area contributed by atoms with Gasteiger partial charge in [-0.25, -0.2) is 0 Å². The van der Waals surface area contributed by atoms with E-state index in [2.05, 4.69) is 12.1 Å². The van der Waals surface area contributed by atoms with Crippen molar-refractivity contribution in [1.82, 2.24) is 4.90 Å². The van der Waals surface area contributed by atoms with Crippen LogP contribution in [-0.2, 0) is 9.53 Å². The van der Waals surface area contributed by atoms with E-state index in [1.807, 2.05) is 30.1 Å². The highest BCUT2D eigenvalue weighted by molar-refractivity contribution is 5.80. The Bertz CT molecular complexity index is 484. The monoisotopic (exact) mass is 289 g/mol. The summed E-state index contributed by atoms with van der Waals surface area (Å²) in [6.45, 7) is 1.88. The normalized spacial score (nSPS) is 31.7. The molecule has 1 heterocycles. The molecule has 2 unspecified atom stereocenters. The van der Waals surface area contributed by atoms with Crippen LogP contribution >= 0.6 is 0 Å². The number of ether oxygens (including phenoxy) is 1. The van der Waals surface area contributed by atoms with Gasteiger partial charge in [0.05, 0.1) is 25.2 Å². The van der Waals surface area contributed by atoms with Gasteiger partial charge in [0.2, 0.25) is 5.91 Å². The second kappa shape index (κ2) is 6.16. The highest BCUT2D eigenvalue weighted by Gasteiger charge is 2.38. The fraction of sp³-hybridized carbons (Fsp3) is 0.588. The predicted molar refractivity (Wildman–Crippen MR) is 79.9 cm³/mol. The molecule has 2 fully saturated rings. The largest absolute Gasteiger partial charge is 0.393 e. The fourth-order valence-corrected chi connectivity index (χ4v) is 3.44. The summed E-state index contributed by atoms with van der Waals surface area (Å²) in [6.07, 6.45) is 1.48. The Balaban J connectivity index is 1.63. The molecule has 0 bridgehead atoms. The van der Waals surface area contributed by atoms with Crippen molar-refractivity contribution in [2.45, 2.75) is 24.9 Å². The van der Waals surface area contributed by atoms with Crippen LogP contribution in [0.1, 0.15) is 24.3 Å². The van der Waals surface area contributed by atoms with E-state index >= 15 is 0 Å². The maximum atomic E-state index is 12.7. The third kappa shape index (κ3) is 3.11. The summed E-state index contributed by atoms with van der Waals surface area (Å²) < 4.78 is 5.57. The van der Waals surface area contributed by atoms with Crippen molar-refractivity contribution in [3.8, 4) is 0 Å². The summed E-state index contributed by atoms with van der Waals surface area (Å²) in [5, 5.41) is 9.35. The quantitative estimate of drug-likeness (QED) is 0.917. The van der Waals surface area contributed by atoms with Crippen LogP contribution in [0.2, 0.25) is 0 Å². The lowest BCUT2D eigenvalue weighted by molar-refractivity contribution is -0.136. The smallest absolute Gasteiger partial charge is 0.228 e. The first-order chi connectivity index (χ1) is 10.1. The zero-order chi connectivity index (χ0) is 14.8. The van der Waals surface area contributed by atoms with Crippen molar-refractivity contribution >= 4 is 5.91 Å². The summed E-state index contributed by atoms with van der Waals surface area (Å²) in [6, 6.07) is 10.2. The SMILES string of the molecule is CN(CC1CC(O)C1)C(=O)C1COCC1c1ccccc1. The molecule has 0 aromatic heterocycles. The lowest BCUT2D eigenvalue weighted by atomic mass is 9.81. The molecule has 21 heavy (non-hydrogen) atoms. The number of aliphatic hydroxyl groups excluding tert-OH is 1. The molecule has 0 spiro atoms. The van der Waals surface area contributed by atoms with E-state index in [4.69, 9.17) is 4.74 Å². The van der Waals surface area contributed by atoms with E-state index in [0.29, 0.717) is 19.1 Å². The van der Waals surface area contributed by atoms with E-state index in [9.17, 15) is 9.90 Å². The second-order valence-electron chi connectivity index (χ2n) is 6.37. The minimum Gasteiger partial charge on any atom is -0.393 e. The Kier molecular flexibility index (Phi) is 4.27. The number of hydrogen-bond donors (Lipinski definition) is 1. The molecule has 1 aliphatic heterocycles. The van der Waals surface area contributed by atoms with Gasteiger partial charge in [0.25, 0.3) is 0 Å². The third-order valence-corrected chi connectivity index (χ3v) is 4.74. The second-order valence-corrected chi connectivity index (χ2v) is 6.37. The lowest BCUT2D eigenvalue weighted by Crippen LogP contribution is -2.42. The number of carbonyl (C=O) groups excluding carboxylic acids is 1. The zero-order valence-electron chi connectivity index (χ0n) is 12.4. The van der Waals surface area contributed by atoms with Gasteiger partial charge < -0.3 is 14.7 Å². The van der Waals surface area contributed by atoms with E-state index in [0.717, 1.165) is 19.4 Å². The topological polar surface area (TPSA) is 49.8 Å². The summed E-state index contributed by atoms with van der Waals surface area (Å²) in [7, 11) is 1.87. The average molecular weight is 289 g/mol. The minimum absolute atomic E-state index is 0.0811. The van der Waals surface area contributed by atoms with Crippen LogP contribution in [0.5, 0.6) is 0 Å². The number of amides is 1. The van der Waals surface area contributed by atoms with Crippen LogP contribution in [-0.4, -0.2) is 48.8 Å². The van der Waals surface area contributed by atoms with Crippen molar-refractivity contribution < 1.29 is 14.6 Å². The van der Waals surface area contributed by atoms with E-state index in [-0.39, 0.29) is 23.8 Å². The summed E-state index contributed by atoms with van der Waals surface area (Å²) in [5.74, 6) is 0.699. The molecule has 4 nitrogen and oxygen atoms in total. The Labute approximate surface area is 125 Å². The van der Waals surface area contributed by atoms with Crippen LogP contribution < -0.4 is 0 Å². The molecular formula is C17H23NO3. The van der Waals surface area contributed by atoms with Gasteiger partial charge in [0.15, 0.2) is 0 Å². The van der Waals surface area contributed by atoms with Crippen molar-refractivity contribution in [2.24, 2.45) is 11.8 Å². The first-order valence-electron chi connectivity index (χ1n) is 7.71. The van der Waals surface area contributed by atoms with Crippen molar-refractivity contribution in [3.05, 3.63) is 35.9 Å². The summed E-state index contributed by atoms with van der Waals surface area (Å²) in [4.78, 5) is 14.5. The molecule has 114 valence electrons. The zero-order valence-corrected chi connectivity index (χ0v) is 12.4. The van der Waals surface area contributed by atoms with Crippen LogP contribution in [0.25, 0.3) is 0 Å². The first kappa shape index (κ1) is 14.5. The van der Waals surface area contributed by atoms with Gasteiger partial charge in [-0.3, -0.25) is 4.79 Å². The Morgan fingerprint density at radius 1 is 1.29 bits per heavy atom. The van der Waals surface area contributed by atoms with Crippen molar-refractivity contribution in [1.29, 1.82) is 0 Å². The van der Waals surface area contributed by atoms with Crippen LogP contribution in [0.15, 0.2) is 30.3 Å². The minimum atomic E-state index is -0.162. The van der Waals surface area contributed by atoms with Crippen LogP contribution in [0.3, 0.4) is 0 Å². The van der Waals surface area contributed by atoms with Gasteiger partial charge in [-0.05, 0) is 24.3 Å². The van der Waals surface area contributed by atoms with E-state index in [1.54, 1.807) is 0 Å². The predicted octanol–water partition coefficient (Wildman–Crippen LogP) is 1.65. The fourth-order valence-electron chi connectivity index (χ4n) is 3.44. The number of hydrogen-bond acceptors (Lipinski definition) is 3. The molecule has 1 aliphatic carbocycles. The average Bonchev–Trinajstić information content (AvgIpc) is 2.95. The molecule has 3 rings (SSSR count). The van der Waals surface area contributed by atoms with Crippen LogP contribution in [0.4, 0.5) is 0 Å². The molecular weight excluding hydrogens is 266 g/mol. The standard InChI is InChI=1S/C17H23NO3/c1-18(9-12-7-14(19)8-12)17(20)16-11-21-10-15(16)13-5-3-2-4-6-13/h2-6,12,14-16,19H,7-11H2,1H3. The summed E-state index contributed by atoms with van der Waals surface area (Å²) in [5.41, 5.74) is 1.18.